The lowest BCUT2D eigenvalue weighted by Crippen LogP contribution is -2.43. The number of morpholine rings is 1. The number of hydrogen-bond acceptors (Lipinski definition) is 5. The van der Waals surface area contributed by atoms with E-state index in [4.69, 9.17) is 4.74 Å². The molecule has 1 aromatic carbocycles. The van der Waals surface area contributed by atoms with E-state index in [0.29, 0.717) is 19.8 Å². The van der Waals surface area contributed by atoms with Crippen molar-refractivity contribution in [1.82, 2.24) is 9.62 Å². The van der Waals surface area contributed by atoms with Gasteiger partial charge in [0.15, 0.2) is 0 Å². The van der Waals surface area contributed by atoms with Gasteiger partial charge < -0.3 is 4.74 Å². The van der Waals surface area contributed by atoms with Crippen LogP contribution in [0.25, 0.3) is 0 Å². The van der Waals surface area contributed by atoms with Crippen molar-refractivity contribution in [1.29, 1.82) is 0 Å². The maximum absolute atomic E-state index is 12.6. The summed E-state index contributed by atoms with van der Waals surface area (Å²) in [6, 6.07) is 9.95. The highest BCUT2D eigenvalue weighted by atomic mass is 32.2. The zero-order valence-electron chi connectivity index (χ0n) is 15.3. The molecule has 1 N–H and O–H groups in total. The molecule has 1 fully saturated rings. The lowest BCUT2D eigenvalue weighted by atomic mass is 10.1. The third kappa shape index (κ3) is 5.14. The van der Waals surface area contributed by atoms with E-state index in [2.05, 4.69) is 15.7 Å². The number of nitrogens with one attached hydrogen (secondary N) is 1. The normalized spacial score (nSPS) is 17.3. The fraction of sp³-hybridized carbons (Fsp3) is 0.474. The smallest absolute Gasteiger partial charge is 0.215 e. The third-order valence-corrected chi connectivity index (χ3v) is 7.08. The van der Waals surface area contributed by atoms with Crippen molar-refractivity contribution in [2.75, 3.05) is 32.8 Å². The average Bonchev–Trinajstić information content (AvgIpc) is 3.13. The predicted octanol–water partition coefficient (Wildman–Crippen LogP) is 2.86. The van der Waals surface area contributed by atoms with E-state index >= 15 is 0 Å². The number of sulfonamides is 1. The van der Waals surface area contributed by atoms with E-state index in [9.17, 15) is 8.42 Å². The van der Waals surface area contributed by atoms with Gasteiger partial charge in [-0.25, -0.2) is 13.1 Å². The Kier molecular flexibility index (Phi) is 6.47. The molecule has 2 aromatic rings. The number of hydrogen-bond donors (Lipinski definition) is 1. The summed E-state index contributed by atoms with van der Waals surface area (Å²) in [5, 5.41) is 2.03. The first-order valence-corrected chi connectivity index (χ1v) is 11.4. The molecule has 26 heavy (non-hydrogen) atoms. The minimum Gasteiger partial charge on any atom is -0.379 e. The van der Waals surface area contributed by atoms with Gasteiger partial charge in [-0.2, -0.15) is 0 Å². The van der Waals surface area contributed by atoms with Crippen molar-refractivity contribution in [2.24, 2.45) is 0 Å². The molecular formula is C19H26N2O3S2. The average molecular weight is 395 g/mol. The Hall–Kier alpha value is -1.25. The number of nitrogens with zero attached hydrogens (tertiary/aromatic N) is 1. The van der Waals surface area contributed by atoms with Crippen molar-refractivity contribution >= 4 is 21.4 Å². The quantitative estimate of drug-likeness (QED) is 0.785. The van der Waals surface area contributed by atoms with Crippen molar-refractivity contribution in [2.45, 2.75) is 25.6 Å². The molecule has 1 saturated heterocycles. The van der Waals surface area contributed by atoms with Gasteiger partial charge in [-0.1, -0.05) is 24.3 Å². The Labute approximate surface area is 160 Å². The van der Waals surface area contributed by atoms with Gasteiger partial charge in [0.25, 0.3) is 0 Å². The van der Waals surface area contributed by atoms with Crippen molar-refractivity contribution in [3.05, 3.63) is 57.3 Å². The number of rotatable bonds is 7. The summed E-state index contributed by atoms with van der Waals surface area (Å²) >= 11 is 1.67. The zero-order valence-corrected chi connectivity index (χ0v) is 16.9. The van der Waals surface area contributed by atoms with E-state index in [1.54, 1.807) is 11.3 Å². The van der Waals surface area contributed by atoms with E-state index in [1.165, 1.54) is 10.4 Å². The molecule has 142 valence electrons. The number of aryl methyl sites for hydroxylation is 2. The van der Waals surface area contributed by atoms with Crippen LogP contribution < -0.4 is 4.72 Å². The minimum atomic E-state index is -3.39. The van der Waals surface area contributed by atoms with E-state index in [-0.39, 0.29) is 11.8 Å². The Morgan fingerprint density at radius 1 is 1.19 bits per heavy atom. The van der Waals surface area contributed by atoms with Gasteiger partial charge in [0, 0.05) is 24.5 Å². The standard InChI is InChI=1S/C19H26N2O3S2/c1-15-5-6-17(12-16(15)2)14-26(22,23)20-13-18(19-4-3-11-25-19)21-7-9-24-10-8-21/h3-6,11-12,18,20H,7-10,13-14H2,1-2H3/t18-/m0/s1. The van der Waals surface area contributed by atoms with Gasteiger partial charge in [-0.05, 0) is 42.0 Å². The second kappa shape index (κ2) is 8.63. The molecule has 0 saturated carbocycles. The minimum absolute atomic E-state index is 0.00832. The molecule has 7 heteroatoms. The van der Waals surface area contributed by atoms with Crippen LogP contribution in [0.15, 0.2) is 35.7 Å². The van der Waals surface area contributed by atoms with Crippen LogP contribution in [0.1, 0.15) is 27.6 Å². The van der Waals surface area contributed by atoms with Crippen molar-refractivity contribution in [3.8, 4) is 0 Å². The molecule has 2 heterocycles. The van der Waals surface area contributed by atoms with E-state index < -0.39 is 10.0 Å². The van der Waals surface area contributed by atoms with Gasteiger partial charge in [0.2, 0.25) is 10.0 Å². The largest absolute Gasteiger partial charge is 0.379 e. The topological polar surface area (TPSA) is 58.6 Å². The van der Waals surface area contributed by atoms with Crippen LogP contribution >= 0.6 is 11.3 Å². The number of thiophene rings is 1. The van der Waals surface area contributed by atoms with Crippen LogP contribution in [0.5, 0.6) is 0 Å². The molecule has 5 nitrogen and oxygen atoms in total. The van der Waals surface area contributed by atoms with Crippen LogP contribution in [0, 0.1) is 13.8 Å². The Morgan fingerprint density at radius 2 is 1.96 bits per heavy atom. The van der Waals surface area contributed by atoms with Crippen LogP contribution in [-0.4, -0.2) is 46.2 Å². The molecule has 1 aromatic heterocycles. The number of ether oxygens (including phenoxy) is 1. The number of benzene rings is 1. The summed E-state index contributed by atoms with van der Waals surface area (Å²) in [4.78, 5) is 3.48. The molecule has 0 unspecified atom stereocenters. The lowest BCUT2D eigenvalue weighted by Gasteiger charge is -2.34. The van der Waals surface area contributed by atoms with E-state index in [0.717, 1.165) is 24.2 Å². The van der Waals surface area contributed by atoms with Crippen molar-refractivity contribution < 1.29 is 13.2 Å². The maximum Gasteiger partial charge on any atom is 0.215 e. The fourth-order valence-corrected chi connectivity index (χ4v) is 5.14. The second-order valence-electron chi connectivity index (χ2n) is 6.71. The SMILES string of the molecule is Cc1ccc(CS(=O)(=O)NC[C@@H](c2cccs2)N2CCOCC2)cc1C. The van der Waals surface area contributed by atoms with Crippen LogP contribution in [0.3, 0.4) is 0 Å². The fourth-order valence-electron chi connectivity index (χ4n) is 3.15. The van der Waals surface area contributed by atoms with Crippen LogP contribution in [0.2, 0.25) is 0 Å². The summed E-state index contributed by atoms with van der Waals surface area (Å²) in [7, 11) is -3.39. The molecule has 0 amide bonds. The Morgan fingerprint density at radius 3 is 2.62 bits per heavy atom. The first-order valence-electron chi connectivity index (χ1n) is 8.83. The summed E-state index contributed by atoms with van der Waals surface area (Å²) in [6.07, 6.45) is 0. The molecule has 1 aliphatic rings. The molecule has 3 rings (SSSR count). The van der Waals surface area contributed by atoms with E-state index in [1.807, 2.05) is 43.5 Å². The molecule has 0 bridgehead atoms. The molecule has 1 atom stereocenters. The highest BCUT2D eigenvalue weighted by Gasteiger charge is 2.25. The summed E-state index contributed by atoms with van der Waals surface area (Å²) in [5.41, 5.74) is 3.10. The summed E-state index contributed by atoms with van der Waals surface area (Å²) in [6.45, 7) is 7.44. The first-order chi connectivity index (χ1) is 12.4. The maximum atomic E-state index is 12.6. The van der Waals surface area contributed by atoms with Crippen molar-refractivity contribution in [3.63, 3.8) is 0 Å². The van der Waals surface area contributed by atoms with Gasteiger partial charge >= 0.3 is 0 Å². The third-order valence-electron chi connectivity index (χ3n) is 4.78. The zero-order chi connectivity index (χ0) is 18.6. The van der Waals surface area contributed by atoms with Crippen LogP contribution in [0.4, 0.5) is 0 Å². The predicted molar refractivity (Wildman–Crippen MR) is 106 cm³/mol. The van der Waals surface area contributed by atoms with Gasteiger partial charge in [-0.15, -0.1) is 11.3 Å². The monoisotopic (exact) mass is 394 g/mol. The molecule has 1 aliphatic heterocycles. The van der Waals surface area contributed by atoms with Crippen LogP contribution in [-0.2, 0) is 20.5 Å². The summed E-state index contributed by atoms with van der Waals surface area (Å²) in [5.74, 6) is 0.00832. The summed E-state index contributed by atoms with van der Waals surface area (Å²) < 4.78 is 33.5. The van der Waals surface area contributed by atoms with Gasteiger partial charge in [0.05, 0.1) is 25.0 Å². The lowest BCUT2D eigenvalue weighted by molar-refractivity contribution is 0.0179. The van der Waals surface area contributed by atoms with Gasteiger partial charge in [-0.3, -0.25) is 4.90 Å². The molecular weight excluding hydrogens is 368 g/mol. The van der Waals surface area contributed by atoms with Gasteiger partial charge in [0.1, 0.15) is 0 Å². The Balaban J connectivity index is 1.67. The highest BCUT2D eigenvalue weighted by molar-refractivity contribution is 7.88. The molecule has 0 aliphatic carbocycles. The second-order valence-corrected chi connectivity index (χ2v) is 9.49. The Bertz CT molecular complexity index is 813. The first kappa shape index (κ1) is 19.5. The molecule has 0 radical (unpaired) electrons. The highest BCUT2D eigenvalue weighted by Crippen LogP contribution is 2.25. The molecule has 0 spiro atoms.